The third-order valence-electron chi connectivity index (χ3n) is 12.9. The van der Waals surface area contributed by atoms with Crippen LogP contribution in [0.25, 0.3) is 5.57 Å². The van der Waals surface area contributed by atoms with Gasteiger partial charge in [0.05, 0.1) is 16.4 Å². The maximum absolute atomic E-state index is 13.5. The lowest BCUT2D eigenvalue weighted by Crippen LogP contribution is -2.49. The Morgan fingerprint density at radius 2 is 1.66 bits per heavy atom. The molecule has 0 radical (unpaired) electrons. The fraction of sp³-hybridized carbons (Fsp3) is 0.449. The van der Waals surface area contributed by atoms with Crippen LogP contribution < -0.4 is 20.3 Å². The van der Waals surface area contributed by atoms with E-state index in [1.165, 1.54) is 28.8 Å². The van der Waals surface area contributed by atoms with Gasteiger partial charge in [-0.2, -0.15) is 0 Å². The van der Waals surface area contributed by atoms with Gasteiger partial charge in [0, 0.05) is 111 Å². The Morgan fingerprint density at radius 1 is 0.955 bits per heavy atom. The van der Waals surface area contributed by atoms with E-state index in [9.17, 15) is 28.4 Å². The van der Waals surface area contributed by atoms with Gasteiger partial charge in [-0.3, -0.25) is 19.8 Å². The SMILES string of the molecule is CN(CCO)CC[C@H](CSc1ccccc1)Nc1ccc(S(=O)(=O)NC(=O)c2ccc(N3CCN(CC4=C(c5ccc(Cl)cc5)CCC(C)(CN5CCNCC5)C4)CC3)cc2)cc1[N+](=O)[O-].Cl. The Bertz CT molecular complexity index is 2400. The summed E-state index contributed by atoms with van der Waals surface area (Å²) >= 11 is 7.89. The van der Waals surface area contributed by atoms with Crippen LogP contribution in [0.15, 0.2) is 112 Å². The second-order valence-electron chi connectivity index (χ2n) is 18.1. The van der Waals surface area contributed by atoms with Crippen molar-refractivity contribution in [2.45, 2.75) is 48.4 Å². The van der Waals surface area contributed by atoms with Gasteiger partial charge >= 0.3 is 0 Å². The Kier molecular flexibility index (Phi) is 19.0. The van der Waals surface area contributed by atoms with Crippen molar-refractivity contribution in [3.8, 4) is 0 Å². The second-order valence-corrected chi connectivity index (χ2v) is 21.3. The van der Waals surface area contributed by atoms with Crippen LogP contribution in [0.5, 0.6) is 0 Å². The van der Waals surface area contributed by atoms with Gasteiger partial charge in [0.25, 0.3) is 21.6 Å². The zero-order valence-electron chi connectivity index (χ0n) is 38.4. The van der Waals surface area contributed by atoms with E-state index < -0.39 is 31.4 Å². The van der Waals surface area contributed by atoms with Crippen molar-refractivity contribution in [3.63, 3.8) is 0 Å². The summed E-state index contributed by atoms with van der Waals surface area (Å²) in [6, 6.07) is 28.4. The number of nitrogens with one attached hydrogen (secondary N) is 3. The van der Waals surface area contributed by atoms with Gasteiger partial charge in [-0.25, -0.2) is 13.1 Å². The standard InChI is InChI=1S/C49H63ClN8O6S2.ClH/c1-49(36-56-24-21-51-22-25-56)20-18-45(37-8-12-40(50)13-9-37)39(33-49)34-55-26-28-57(29-27-55)42-14-10-38(11-15-42)48(60)53-66(63,64)44-16-17-46(47(32-44)58(61)62)52-41(19-23-54(2)30-31-59)35-65-43-6-4-3-5-7-43;/h3-17,32,41,51-52,59H,18-31,33-36H2,1-2H3,(H,53,60);1H/t41-,49?;/m1./s1. The van der Waals surface area contributed by atoms with E-state index in [1.807, 2.05) is 66.5 Å². The summed E-state index contributed by atoms with van der Waals surface area (Å²) in [6.45, 7) is 13.2. The molecule has 67 heavy (non-hydrogen) atoms. The molecule has 2 aliphatic heterocycles. The number of benzene rings is 4. The fourth-order valence-corrected chi connectivity index (χ4v) is 11.4. The summed E-state index contributed by atoms with van der Waals surface area (Å²) in [7, 11) is -2.58. The number of sulfonamides is 1. The van der Waals surface area contributed by atoms with E-state index in [4.69, 9.17) is 11.6 Å². The molecule has 0 bridgehead atoms. The predicted octanol–water partition coefficient (Wildman–Crippen LogP) is 7.35. The average Bonchev–Trinajstić information content (AvgIpc) is 3.31. The Morgan fingerprint density at radius 3 is 2.33 bits per heavy atom. The van der Waals surface area contributed by atoms with Crippen molar-refractivity contribution >= 4 is 74.3 Å². The molecule has 7 rings (SSSR count). The smallest absolute Gasteiger partial charge is 0.293 e. The van der Waals surface area contributed by atoms with Crippen molar-refractivity contribution < 1.29 is 23.2 Å². The normalized spacial score (nSPS) is 18.9. The lowest BCUT2D eigenvalue weighted by Gasteiger charge is -2.43. The topological polar surface area (TPSA) is 164 Å². The number of nitro groups is 1. The highest BCUT2D eigenvalue weighted by molar-refractivity contribution is 7.99. The molecule has 4 aromatic carbocycles. The van der Waals surface area contributed by atoms with Gasteiger partial charge in [0.2, 0.25) is 0 Å². The van der Waals surface area contributed by atoms with Crippen molar-refractivity contribution in [2.75, 3.05) is 108 Å². The predicted molar refractivity (Wildman–Crippen MR) is 274 cm³/mol. The molecule has 2 saturated heterocycles. The van der Waals surface area contributed by atoms with Crippen LogP contribution in [0, 0.1) is 15.5 Å². The number of carbonyl (C=O) groups excluding carboxylic acids is 1. The summed E-state index contributed by atoms with van der Waals surface area (Å²) in [5.74, 6) is -0.246. The molecule has 18 heteroatoms. The molecule has 4 aromatic rings. The fourth-order valence-electron chi connectivity index (χ4n) is 9.25. The Labute approximate surface area is 411 Å². The van der Waals surface area contributed by atoms with Crippen molar-refractivity contribution in [1.29, 1.82) is 0 Å². The van der Waals surface area contributed by atoms with Crippen LogP contribution in [0.3, 0.4) is 0 Å². The third kappa shape index (κ3) is 14.6. The molecule has 1 amide bonds. The molecule has 14 nitrogen and oxygen atoms in total. The second kappa shape index (κ2) is 24.4. The summed E-state index contributed by atoms with van der Waals surface area (Å²) in [6.07, 6.45) is 3.88. The summed E-state index contributed by atoms with van der Waals surface area (Å²) < 4.78 is 29.2. The van der Waals surface area contributed by atoms with E-state index in [0.29, 0.717) is 25.3 Å². The van der Waals surface area contributed by atoms with Crippen molar-refractivity contribution in [1.82, 2.24) is 24.7 Å². The highest BCUT2D eigenvalue weighted by atomic mass is 35.5. The number of aliphatic hydroxyl groups excluding tert-OH is 1. The number of anilines is 2. The minimum absolute atomic E-state index is 0. The lowest BCUT2D eigenvalue weighted by atomic mass is 9.71. The number of halogens is 2. The Balaban J connectivity index is 0.00000741. The van der Waals surface area contributed by atoms with Crippen LogP contribution in [-0.2, 0) is 10.0 Å². The van der Waals surface area contributed by atoms with Gasteiger partial charge in [0.1, 0.15) is 5.69 Å². The molecule has 1 unspecified atom stereocenters. The van der Waals surface area contributed by atoms with Crippen LogP contribution in [0.2, 0.25) is 5.02 Å². The molecule has 1 aliphatic carbocycles. The number of piperazine rings is 2. The van der Waals surface area contributed by atoms with Gasteiger partial charge in [-0.1, -0.05) is 54.4 Å². The largest absolute Gasteiger partial charge is 0.395 e. The van der Waals surface area contributed by atoms with E-state index in [1.54, 1.807) is 23.9 Å². The molecule has 3 aliphatic rings. The van der Waals surface area contributed by atoms with Crippen LogP contribution in [-0.4, -0.2) is 143 Å². The van der Waals surface area contributed by atoms with E-state index in [2.05, 4.69) is 49.1 Å². The average molecular weight is 996 g/mol. The van der Waals surface area contributed by atoms with Crippen molar-refractivity contribution in [3.05, 3.63) is 129 Å². The molecule has 0 aromatic heterocycles. The zero-order chi connectivity index (χ0) is 46.7. The van der Waals surface area contributed by atoms with Gasteiger partial charge in [0.15, 0.2) is 0 Å². The molecule has 2 atom stereocenters. The third-order valence-corrected chi connectivity index (χ3v) is 15.7. The number of aliphatic hydroxyl groups is 1. The number of nitrogens with zero attached hydrogens (tertiary/aromatic N) is 5. The van der Waals surface area contributed by atoms with Crippen molar-refractivity contribution in [2.24, 2.45) is 5.41 Å². The number of hydrogen-bond acceptors (Lipinski definition) is 13. The zero-order valence-corrected chi connectivity index (χ0v) is 41.6. The molecular weight excluding hydrogens is 932 g/mol. The van der Waals surface area contributed by atoms with Gasteiger partial charge in [-0.15, -0.1) is 24.2 Å². The highest BCUT2D eigenvalue weighted by Gasteiger charge is 2.35. The maximum atomic E-state index is 13.5. The van der Waals surface area contributed by atoms with E-state index >= 15 is 0 Å². The summed E-state index contributed by atoms with van der Waals surface area (Å²) in [5.41, 5.74) is 5.27. The molecule has 0 spiro atoms. The molecule has 362 valence electrons. The number of rotatable bonds is 20. The van der Waals surface area contributed by atoms with Gasteiger partial charge in [-0.05, 0) is 116 Å². The van der Waals surface area contributed by atoms with Gasteiger partial charge < -0.3 is 30.4 Å². The Hall–Kier alpha value is -4.23. The number of allylic oxidation sites excluding steroid dienone is 1. The monoisotopic (exact) mass is 994 g/mol. The highest BCUT2D eigenvalue weighted by Crippen LogP contribution is 2.44. The van der Waals surface area contributed by atoms with E-state index in [-0.39, 0.29) is 41.7 Å². The lowest BCUT2D eigenvalue weighted by molar-refractivity contribution is -0.384. The summed E-state index contributed by atoms with van der Waals surface area (Å²) in [5, 5.41) is 29.2. The molecule has 0 saturated carbocycles. The van der Waals surface area contributed by atoms with Crippen LogP contribution in [0.1, 0.15) is 48.5 Å². The maximum Gasteiger partial charge on any atom is 0.293 e. The first kappa shape index (κ1) is 52.1. The molecular formula is C49H64Cl2N8O6S2. The van der Waals surface area contributed by atoms with Crippen LogP contribution >= 0.6 is 35.8 Å². The molecule has 4 N–H and O–H groups in total. The number of amides is 1. The molecule has 2 fully saturated rings. The van der Waals surface area contributed by atoms with Crippen LogP contribution in [0.4, 0.5) is 17.1 Å². The quantitative estimate of drug-likeness (QED) is 0.0396. The minimum Gasteiger partial charge on any atom is -0.395 e. The first-order valence-corrected chi connectivity index (χ1v) is 25.7. The molecule has 2 heterocycles. The number of thioether (sulfide) groups is 1. The number of likely N-dealkylation sites (N-methyl/N-ethyl adjacent to an activating group) is 1. The summed E-state index contributed by atoms with van der Waals surface area (Å²) in [4.78, 5) is 35.1. The minimum atomic E-state index is -4.47. The first-order valence-electron chi connectivity index (χ1n) is 22.8. The number of nitro benzene ring substituents is 1. The number of hydrogen-bond donors (Lipinski definition) is 4. The number of carbonyl (C=O) groups is 1. The first-order chi connectivity index (χ1) is 31.8. The van der Waals surface area contributed by atoms with E-state index in [0.717, 1.165) is 106 Å².